The van der Waals surface area contributed by atoms with E-state index in [1.807, 2.05) is 29.2 Å². The van der Waals surface area contributed by atoms with Crippen LogP contribution in [0.15, 0.2) is 65.6 Å². The molecule has 0 aliphatic carbocycles. The minimum atomic E-state index is -0.393. The van der Waals surface area contributed by atoms with Gasteiger partial charge in [0, 0.05) is 56.1 Å². The van der Waals surface area contributed by atoms with Gasteiger partial charge >= 0.3 is 0 Å². The number of carbonyl (C=O) groups is 1. The van der Waals surface area contributed by atoms with Gasteiger partial charge in [0.05, 0.1) is 11.0 Å². The molecule has 0 N–H and O–H groups in total. The number of benzene rings is 2. The van der Waals surface area contributed by atoms with Crippen molar-refractivity contribution < 1.29 is 9.18 Å². The summed E-state index contributed by atoms with van der Waals surface area (Å²) >= 11 is 6.10. The van der Waals surface area contributed by atoms with Crippen molar-refractivity contribution in [3.63, 3.8) is 0 Å². The monoisotopic (exact) mass is 466 g/mol. The zero-order valence-corrected chi connectivity index (χ0v) is 18.8. The summed E-state index contributed by atoms with van der Waals surface area (Å²) in [6.07, 6.45) is 2.65. The number of carbonyl (C=O) groups excluding carboxylic acids is 1. The van der Waals surface area contributed by atoms with Crippen molar-refractivity contribution in [3.8, 4) is 0 Å². The molecule has 1 amide bonds. The summed E-state index contributed by atoms with van der Waals surface area (Å²) in [4.78, 5) is 29.9. The van der Waals surface area contributed by atoms with Crippen molar-refractivity contribution in [2.24, 2.45) is 0 Å². The summed E-state index contributed by atoms with van der Waals surface area (Å²) in [5.41, 5.74) is 2.72. The van der Waals surface area contributed by atoms with E-state index in [1.165, 1.54) is 12.1 Å². The van der Waals surface area contributed by atoms with Crippen LogP contribution in [0.1, 0.15) is 12.8 Å². The highest BCUT2D eigenvalue weighted by atomic mass is 35.5. The van der Waals surface area contributed by atoms with E-state index in [2.05, 4.69) is 4.90 Å². The molecule has 33 heavy (non-hydrogen) atoms. The third-order valence-electron chi connectivity index (χ3n) is 6.28. The van der Waals surface area contributed by atoms with Gasteiger partial charge in [-0.05, 0) is 55.0 Å². The first-order valence-electron chi connectivity index (χ1n) is 11.1. The largest absolute Gasteiger partial charge is 0.368 e. The van der Waals surface area contributed by atoms with Gasteiger partial charge in [0.25, 0.3) is 5.56 Å². The van der Waals surface area contributed by atoms with Crippen molar-refractivity contribution >= 4 is 39.7 Å². The lowest BCUT2D eigenvalue weighted by molar-refractivity contribution is -0.131. The Morgan fingerprint density at radius 2 is 1.76 bits per heavy atom. The number of hydrogen-bond donors (Lipinski definition) is 0. The lowest BCUT2D eigenvalue weighted by Gasteiger charge is -2.36. The quantitative estimate of drug-likeness (QED) is 0.443. The van der Waals surface area contributed by atoms with Crippen LogP contribution in [0.4, 0.5) is 10.1 Å². The summed E-state index contributed by atoms with van der Waals surface area (Å²) in [6, 6.07) is 15.7. The third-order valence-corrected chi connectivity index (χ3v) is 6.51. The van der Waals surface area contributed by atoms with Crippen LogP contribution in [0.5, 0.6) is 0 Å². The molecule has 0 radical (unpaired) electrons. The van der Waals surface area contributed by atoms with Crippen molar-refractivity contribution in [1.82, 2.24) is 13.9 Å². The Balaban J connectivity index is 1.25. The van der Waals surface area contributed by atoms with Crippen molar-refractivity contribution in [1.29, 1.82) is 0 Å². The Morgan fingerprint density at radius 3 is 2.55 bits per heavy atom. The summed E-state index contributed by atoms with van der Waals surface area (Å²) < 4.78 is 17.3. The maximum Gasteiger partial charge on any atom is 0.275 e. The fourth-order valence-corrected chi connectivity index (χ4v) is 4.77. The number of halogens is 2. The number of fused-ring (bicyclic) bond motifs is 3. The summed E-state index contributed by atoms with van der Waals surface area (Å²) in [7, 11) is 0. The van der Waals surface area contributed by atoms with Gasteiger partial charge in [0.2, 0.25) is 5.91 Å². The number of hydrogen-bond acceptors (Lipinski definition) is 3. The normalized spacial score (nSPS) is 14.4. The molecule has 1 saturated heterocycles. The smallest absolute Gasteiger partial charge is 0.275 e. The van der Waals surface area contributed by atoms with Crippen LogP contribution >= 0.6 is 11.6 Å². The number of aryl methyl sites for hydroxylation is 1. The molecule has 0 bridgehead atoms. The Kier molecular flexibility index (Phi) is 5.81. The van der Waals surface area contributed by atoms with Gasteiger partial charge in [0.15, 0.2) is 0 Å². The molecule has 0 spiro atoms. The predicted molar refractivity (Wildman–Crippen MR) is 129 cm³/mol. The topological polar surface area (TPSA) is 50.0 Å². The number of piperazine rings is 1. The van der Waals surface area contributed by atoms with Gasteiger partial charge in [-0.1, -0.05) is 17.7 Å². The number of nitrogens with zero attached hydrogens (tertiary/aromatic N) is 4. The number of rotatable bonds is 5. The SMILES string of the molecule is O=C(CCCn1c(=O)c2cccn2c2ccc(F)cc21)N1CCN(c2cccc(Cl)c2)CC1. The van der Waals surface area contributed by atoms with Crippen molar-refractivity contribution in [3.05, 3.63) is 82.0 Å². The van der Waals surface area contributed by atoms with Crippen LogP contribution in [-0.2, 0) is 11.3 Å². The van der Waals surface area contributed by atoms with Gasteiger partial charge in [-0.2, -0.15) is 0 Å². The molecule has 2 aromatic carbocycles. The molecule has 8 heteroatoms. The highest BCUT2D eigenvalue weighted by Gasteiger charge is 2.21. The van der Waals surface area contributed by atoms with E-state index in [0.717, 1.165) is 24.3 Å². The zero-order chi connectivity index (χ0) is 22.9. The lowest BCUT2D eigenvalue weighted by atomic mass is 10.2. The molecule has 0 atom stereocenters. The first-order valence-corrected chi connectivity index (χ1v) is 11.5. The molecular weight excluding hydrogens is 443 g/mol. The molecule has 2 aromatic heterocycles. The number of amides is 1. The second kappa shape index (κ2) is 8.90. The minimum Gasteiger partial charge on any atom is -0.368 e. The first kappa shape index (κ1) is 21.5. The van der Waals surface area contributed by atoms with Crippen LogP contribution in [0, 0.1) is 5.82 Å². The van der Waals surface area contributed by atoms with Crippen LogP contribution in [0.2, 0.25) is 5.02 Å². The first-order chi connectivity index (χ1) is 16.0. The van der Waals surface area contributed by atoms with Gasteiger partial charge < -0.3 is 18.8 Å². The summed E-state index contributed by atoms with van der Waals surface area (Å²) in [5, 5.41) is 0.701. The molecule has 170 valence electrons. The fraction of sp³-hybridized carbons (Fsp3) is 0.280. The van der Waals surface area contributed by atoms with E-state index < -0.39 is 5.82 Å². The molecule has 3 heterocycles. The average Bonchev–Trinajstić information content (AvgIpc) is 3.31. The van der Waals surface area contributed by atoms with Crippen LogP contribution in [0.3, 0.4) is 0 Å². The van der Waals surface area contributed by atoms with Crippen LogP contribution in [0.25, 0.3) is 16.6 Å². The highest BCUT2D eigenvalue weighted by Crippen LogP contribution is 2.21. The van der Waals surface area contributed by atoms with Crippen molar-refractivity contribution in [2.45, 2.75) is 19.4 Å². The van der Waals surface area contributed by atoms with E-state index >= 15 is 0 Å². The molecular formula is C25H24ClFN4O2. The lowest BCUT2D eigenvalue weighted by Crippen LogP contribution is -2.48. The summed E-state index contributed by atoms with van der Waals surface area (Å²) in [6.45, 7) is 3.15. The minimum absolute atomic E-state index is 0.0769. The Bertz CT molecular complexity index is 1390. The van der Waals surface area contributed by atoms with E-state index in [1.54, 1.807) is 33.4 Å². The second-order valence-electron chi connectivity index (χ2n) is 8.30. The summed E-state index contributed by atoms with van der Waals surface area (Å²) in [5.74, 6) is -0.316. The highest BCUT2D eigenvalue weighted by molar-refractivity contribution is 6.30. The Labute approximate surface area is 195 Å². The van der Waals surface area contributed by atoms with E-state index in [-0.39, 0.29) is 11.5 Å². The average molecular weight is 467 g/mol. The molecule has 0 unspecified atom stereocenters. The van der Waals surface area contributed by atoms with Crippen molar-refractivity contribution in [2.75, 3.05) is 31.1 Å². The van der Waals surface area contributed by atoms with Crippen LogP contribution in [-0.4, -0.2) is 46.0 Å². The molecule has 1 aliphatic rings. The van der Waals surface area contributed by atoms with E-state index in [0.29, 0.717) is 48.5 Å². The Morgan fingerprint density at radius 1 is 0.939 bits per heavy atom. The molecule has 4 aromatic rings. The predicted octanol–water partition coefficient (Wildman–Crippen LogP) is 4.18. The van der Waals surface area contributed by atoms with Gasteiger partial charge in [-0.25, -0.2) is 4.39 Å². The number of aromatic nitrogens is 2. The second-order valence-corrected chi connectivity index (χ2v) is 8.74. The van der Waals surface area contributed by atoms with Gasteiger partial charge in [-0.3, -0.25) is 9.59 Å². The zero-order valence-electron chi connectivity index (χ0n) is 18.1. The molecule has 6 nitrogen and oxygen atoms in total. The van der Waals surface area contributed by atoms with Gasteiger partial charge in [-0.15, -0.1) is 0 Å². The molecule has 5 rings (SSSR count). The van der Waals surface area contributed by atoms with E-state index in [9.17, 15) is 14.0 Å². The van der Waals surface area contributed by atoms with Crippen LogP contribution < -0.4 is 10.5 Å². The third kappa shape index (κ3) is 4.20. The fourth-order valence-electron chi connectivity index (χ4n) is 4.58. The van der Waals surface area contributed by atoms with E-state index in [4.69, 9.17) is 11.6 Å². The van der Waals surface area contributed by atoms with Gasteiger partial charge in [0.1, 0.15) is 11.3 Å². The standard InChI is InChI=1S/C25H24ClFN4O2/c26-18-4-1-5-20(16-18)28-12-14-29(15-13-28)24(32)7-3-11-31-23-17-19(27)8-9-21(23)30-10-2-6-22(30)25(31)33/h1-2,4-6,8-10,16-17H,3,7,11-15H2. The number of anilines is 1. The maximum absolute atomic E-state index is 13.9. The maximum atomic E-state index is 13.9. The Hall–Kier alpha value is -3.32. The molecule has 1 fully saturated rings. The molecule has 1 aliphatic heterocycles. The molecule has 0 saturated carbocycles.